The number of hydrazine groups is 1. The highest BCUT2D eigenvalue weighted by molar-refractivity contribution is 8.00. The molecule has 2 rings (SSSR count). The van der Waals surface area contributed by atoms with Gasteiger partial charge in [0.2, 0.25) is 5.91 Å². The maximum absolute atomic E-state index is 12.9. The number of non-ortho nitro benzene ring substituents is 1. The molecule has 0 spiro atoms. The number of hydrogen-bond acceptors (Lipinski definition) is 5. The summed E-state index contributed by atoms with van der Waals surface area (Å²) in [6, 6.07) is 11.2. The number of nitro benzene ring substituents is 1. The lowest BCUT2D eigenvalue weighted by molar-refractivity contribution is -0.384. The predicted molar refractivity (Wildman–Crippen MR) is 96.0 cm³/mol. The van der Waals surface area contributed by atoms with Gasteiger partial charge >= 0.3 is 0 Å². The second-order valence-electron chi connectivity index (χ2n) is 5.31. The molecular formula is C17H16FN3O4S. The number of carbonyl (C=O) groups is 2. The molecule has 0 heterocycles. The van der Waals surface area contributed by atoms with E-state index in [1.165, 1.54) is 42.1 Å². The highest BCUT2D eigenvalue weighted by Gasteiger charge is 2.13. The van der Waals surface area contributed by atoms with Gasteiger partial charge in [0.25, 0.3) is 11.6 Å². The van der Waals surface area contributed by atoms with Gasteiger partial charge in [-0.25, -0.2) is 4.39 Å². The van der Waals surface area contributed by atoms with Crippen LogP contribution in [0.25, 0.3) is 0 Å². The third kappa shape index (κ3) is 5.55. The lowest BCUT2D eigenvalue weighted by atomic mass is 10.2. The number of amides is 2. The van der Waals surface area contributed by atoms with E-state index in [1.54, 1.807) is 12.1 Å². The molecule has 26 heavy (non-hydrogen) atoms. The molecule has 0 saturated heterocycles. The van der Waals surface area contributed by atoms with Gasteiger partial charge in [0.1, 0.15) is 5.82 Å². The van der Waals surface area contributed by atoms with Gasteiger partial charge in [-0.3, -0.25) is 30.6 Å². The molecule has 136 valence electrons. The van der Waals surface area contributed by atoms with Crippen LogP contribution in [0.4, 0.5) is 10.1 Å². The van der Waals surface area contributed by atoms with Crippen LogP contribution in [-0.2, 0) is 4.79 Å². The number of nitrogens with one attached hydrogen (secondary N) is 2. The zero-order valence-corrected chi connectivity index (χ0v) is 14.6. The minimum absolute atomic E-state index is 0.0335. The van der Waals surface area contributed by atoms with Crippen LogP contribution in [0, 0.1) is 15.9 Å². The number of benzene rings is 2. The molecule has 0 aliphatic rings. The lowest BCUT2D eigenvalue weighted by Crippen LogP contribution is -2.42. The Morgan fingerprint density at radius 2 is 1.88 bits per heavy atom. The van der Waals surface area contributed by atoms with Gasteiger partial charge in [-0.1, -0.05) is 18.2 Å². The van der Waals surface area contributed by atoms with Crippen molar-refractivity contribution in [1.29, 1.82) is 0 Å². The molecule has 7 nitrogen and oxygen atoms in total. The van der Waals surface area contributed by atoms with Gasteiger partial charge in [-0.2, -0.15) is 0 Å². The molecular weight excluding hydrogens is 361 g/mol. The zero-order chi connectivity index (χ0) is 19.1. The number of carbonyl (C=O) groups excluding carboxylic acids is 2. The van der Waals surface area contributed by atoms with Crippen LogP contribution in [0.15, 0.2) is 48.5 Å². The SMILES string of the molecule is CC(SCC(=O)NNC(=O)c1cccc([N+](=O)[O-])c1)c1ccc(F)cc1. The lowest BCUT2D eigenvalue weighted by Gasteiger charge is -2.12. The summed E-state index contributed by atoms with van der Waals surface area (Å²) in [7, 11) is 0. The molecule has 2 amide bonds. The van der Waals surface area contributed by atoms with E-state index in [0.29, 0.717) is 0 Å². The van der Waals surface area contributed by atoms with Gasteiger partial charge in [0.15, 0.2) is 0 Å². The molecule has 0 radical (unpaired) electrons. The number of nitrogens with zero attached hydrogens (tertiary/aromatic N) is 1. The fraction of sp³-hybridized carbons (Fsp3) is 0.176. The van der Waals surface area contributed by atoms with Gasteiger partial charge in [-0.15, -0.1) is 11.8 Å². The Hall–Kier alpha value is -2.94. The highest BCUT2D eigenvalue weighted by Crippen LogP contribution is 2.27. The summed E-state index contributed by atoms with van der Waals surface area (Å²) >= 11 is 1.32. The first-order valence-electron chi connectivity index (χ1n) is 7.57. The van der Waals surface area contributed by atoms with E-state index in [1.807, 2.05) is 6.92 Å². The van der Waals surface area contributed by atoms with Crippen LogP contribution in [0.3, 0.4) is 0 Å². The van der Waals surface area contributed by atoms with Crippen LogP contribution in [0.5, 0.6) is 0 Å². The fourth-order valence-corrected chi connectivity index (χ4v) is 2.85. The number of thioether (sulfide) groups is 1. The summed E-state index contributed by atoms with van der Waals surface area (Å²) < 4.78 is 12.9. The Morgan fingerprint density at radius 3 is 2.54 bits per heavy atom. The first-order chi connectivity index (χ1) is 12.4. The number of halogens is 1. The molecule has 1 unspecified atom stereocenters. The van der Waals surface area contributed by atoms with Crippen molar-refractivity contribution in [3.05, 3.63) is 75.6 Å². The van der Waals surface area contributed by atoms with Crippen molar-refractivity contribution in [2.45, 2.75) is 12.2 Å². The second-order valence-corrected chi connectivity index (χ2v) is 6.64. The van der Waals surface area contributed by atoms with Crippen molar-refractivity contribution < 1.29 is 18.9 Å². The molecule has 9 heteroatoms. The first-order valence-corrected chi connectivity index (χ1v) is 8.62. The molecule has 0 aliphatic carbocycles. The predicted octanol–water partition coefficient (Wildman–Crippen LogP) is 2.99. The Morgan fingerprint density at radius 1 is 1.19 bits per heavy atom. The highest BCUT2D eigenvalue weighted by atomic mass is 32.2. The minimum Gasteiger partial charge on any atom is -0.272 e. The van der Waals surface area contributed by atoms with E-state index in [0.717, 1.165) is 11.6 Å². The average molecular weight is 377 g/mol. The summed E-state index contributed by atoms with van der Waals surface area (Å²) in [4.78, 5) is 33.9. The Balaban J connectivity index is 1.81. The number of nitro groups is 1. The minimum atomic E-state index is -0.654. The molecule has 2 N–H and O–H groups in total. The van der Waals surface area contributed by atoms with Crippen LogP contribution in [-0.4, -0.2) is 22.5 Å². The monoisotopic (exact) mass is 377 g/mol. The van der Waals surface area contributed by atoms with Gasteiger partial charge in [0, 0.05) is 22.9 Å². The van der Waals surface area contributed by atoms with E-state index < -0.39 is 16.7 Å². The maximum Gasteiger partial charge on any atom is 0.270 e. The summed E-state index contributed by atoms with van der Waals surface area (Å²) in [6.07, 6.45) is 0. The number of hydrogen-bond donors (Lipinski definition) is 2. The third-order valence-electron chi connectivity index (χ3n) is 3.44. The quantitative estimate of drug-likeness (QED) is 0.595. The van der Waals surface area contributed by atoms with Crippen molar-refractivity contribution in [3.63, 3.8) is 0 Å². The first kappa shape index (κ1) is 19.4. The Kier molecular flexibility index (Phi) is 6.67. The molecule has 1 atom stereocenters. The second kappa shape index (κ2) is 8.95. The van der Waals surface area contributed by atoms with Gasteiger partial charge in [0.05, 0.1) is 10.7 Å². The van der Waals surface area contributed by atoms with Crippen LogP contribution >= 0.6 is 11.8 Å². The Bertz CT molecular complexity index is 814. The molecule has 0 bridgehead atoms. The van der Waals surface area contributed by atoms with Gasteiger partial charge < -0.3 is 0 Å². The third-order valence-corrected chi connectivity index (χ3v) is 4.64. The van der Waals surface area contributed by atoms with E-state index in [4.69, 9.17) is 0 Å². The topological polar surface area (TPSA) is 101 Å². The molecule has 2 aromatic carbocycles. The average Bonchev–Trinajstić information content (AvgIpc) is 2.64. The largest absolute Gasteiger partial charge is 0.272 e. The van der Waals surface area contributed by atoms with Crippen molar-refractivity contribution in [2.75, 3.05) is 5.75 Å². The van der Waals surface area contributed by atoms with E-state index in [9.17, 15) is 24.1 Å². The maximum atomic E-state index is 12.9. The summed E-state index contributed by atoms with van der Waals surface area (Å²) in [5.41, 5.74) is 5.19. The molecule has 0 aliphatic heterocycles. The summed E-state index contributed by atoms with van der Waals surface area (Å²) in [6.45, 7) is 1.88. The zero-order valence-electron chi connectivity index (χ0n) is 13.8. The summed E-state index contributed by atoms with van der Waals surface area (Å²) in [5, 5.41) is 10.7. The van der Waals surface area contributed by atoms with Crippen molar-refractivity contribution >= 4 is 29.3 Å². The Labute approximate surface area is 153 Å². The van der Waals surface area contributed by atoms with Crippen LogP contribution < -0.4 is 10.9 Å². The van der Waals surface area contributed by atoms with E-state index in [-0.39, 0.29) is 28.1 Å². The normalized spacial score (nSPS) is 11.5. The van der Waals surface area contributed by atoms with E-state index in [2.05, 4.69) is 10.9 Å². The molecule has 0 fully saturated rings. The summed E-state index contributed by atoms with van der Waals surface area (Å²) in [5.74, 6) is -1.33. The van der Waals surface area contributed by atoms with Crippen LogP contribution in [0.1, 0.15) is 28.1 Å². The molecule has 0 saturated carbocycles. The standard InChI is InChI=1S/C17H16FN3O4S/c1-11(12-5-7-14(18)8-6-12)26-10-16(22)19-20-17(23)13-3-2-4-15(9-13)21(24)25/h2-9,11H,10H2,1H3,(H,19,22)(H,20,23). The van der Waals surface area contributed by atoms with Crippen molar-refractivity contribution in [2.24, 2.45) is 0 Å². The smallest absolute Gasteiger partial charge is 0.270 e. The van der Waals surface area contributed by atoms with Gasteiger partial charge in [-0.05, 0) is 30.7 Å². The van der Waals surface area contributed by atoms with Crippen molar-refractivity contribution in [3.8, 4) is 0 Å². The van der Waals surface area contributed by atoms with Crippen molar-refractivity contribution in [1.82, 2.24) is 10.9 Å². The molecule has 0 aromatic heterocycles. The fourth-order valence-electron chi connectivity index (χ4n) is 2.03. The van der Waals surface area contributed by atoms with Crippen LogP contribution in [0.2, 0.25) is 0 Å². The van der Waals surface area contributed by atoms with E-state index >= 15 is 0 Å². The number of rotatable bonds is 6. The molecule has 2 aromatic rings.